The van der Waals surface area contributed by atoms with Crippen molar-refractivity contribution < 1.29 is 0 Å². The Labute approximate surface area is 113 Å². The molecule has 1 aliphatic carbocycles. The average molecular weight is 297 g/mol. The normalized spacial score (nSPS) is 15.0. The molecule has 17 heavy (non-hydrogen) atoms. The fourth-order valence-electron chi connectivity index (χ4n) is 2.20. The fraction of sp³-hybridized carbons (Fsp3) is 0.643. The summed E-state index contributed by atoms with van der Waals surface area (Å²) in [6.07, 6.45) is 5.98. The molecule has 1 heterocycles. The summed E-state index contributed by atoms with van der Waals surface area (Å²) >= 11 is 3.48. The first kappa shape index (κ1) is 12.9. The summed E-state index contributed by atoms with van der Waals surface area (Å²) in [5, 5.41) is 0.886. The number of halogens is 1. The molecule has 0 aliphatic heterocycles. The third-order valence-electron chi connectivity index (χ3n) is 3.23. The lowest BCUT2D eigenvalue weighted by Crippen LogP contribution is -2.28. The van der Waals surface area contributed by atoms with E-state index in [-0.39, 0.29) is 0 Å². The second kappa shape index (κ2) is 5.85. The van der Waals surface area contributed by atoms with Crippen molar-refractivity contribution >= 4 is 21.7 Å². The van der Waals surface area contributed by atoms with E-state index in [4.69, 9.17) is 0 Å². The summed E-state index contributed by atoms with van der Waals surface area (Å²) in [6, 6.07) is 2.24. The minimum Gasteiger partial charge on any atom is -0.356 e. The Morgan fingerprint density at radius 3 is 2.76 bits per heavy atom. The number of hydrogen-bond acceptors (Lipinski definition) is 2. The molecule has 94 valence electrons. The molecule has 0 spiro atoms. The van der Waals surface area contributed by atoms with Crippen molar-refractivity contribution in [1.82, 2.24) is 4.98 Å². The highest BCUT2D eigenvalue weighted by Gasteiger charge is 2.25. The van der Waals surface area contributed by atoms with Crippen molar-refractivity contribution in [2.75, 3.05) is 18.0 Å². The molecule has 0 amide bonds. The number of anilines is 1. The molecule has 1 fully saturated rings. The van der Waals surface area contributed by atoms with Gasteiger partial charge in [0.15, 0.2) is 0 Å². The van der Waals surface area contributed by atoms with Gasteiger partial charge in [0, 0.05) is 24.6 Å². The average Bonchev–Trinajstić information content (AvgIpc) is 3.12. The van der Waals surface area contributed by atoms with E-state index in [0.717, 1.165) is 17.8 Å². The molecule has 2 rings (SSSR count). The van der Waals surface area contributed by atoms with Gasteiger partial charge in [0.05, 0.1) is 0 Å². The predicted molar refractivity (Wildman–Crippen MR) is 76.8 cm³/mol. The van der Waals surface area contributed by atoms with Gasteiger partial charge in [0.1, 0.15) is 5.82 Å². The van der Waals surface area contributed by atoms with E-state index in [1.165, 1.54) is 42.8 Å². The van der Waals surface area contributed by atoms with Gasteiger partial charge in [-0.15, -0.1) is 0 Å². The topological polar surface area (TPSA) is 16.1 Å². The molecule has 1 aromatic rings. The van der Waals surface area contributed by atoms with Crippen LogP contribution in [0.5, 0.6) is 0 Å². The van der Waals surface area contributed by atoms with E-state index < -0.39 is 0 Å². The fourth-order valence-corrected chi connectivity index (χ4v) is 2.50. The van der Waals surface area contributed by atoms with E-state index in [0.29, 0.717) is 0 Å². The molecule has 0 unspecified atom stereocenters. The second-order valence-electron chi connectivity index (χ2n) is 5.01. The lowest BCUT2D eigenvalue weighted by atomic mass is 10.2. The van der Waals surface area contributed by atoms with Crippen molar-refractivity contribution in [2.24, 2.45) is 5.92 Å². The lowest BCUT2D eigenvalue weighted by molar-refractivity contribution is 0.697. The van der Waals surface area contributed by atoms with Crippen LogP contribution < -0.4 is 4.90 Å². The zero-order valence-electron chi connectivity index (χ0n) is 10.7. The third kappa shape index (κ3) is 3.44. The molecule has 0 bridgehead atoms. The van der Waals surface area contributed by atoms with Gasteiger partial charge >= 0.3 is 0 Å². The largest absolute Gasteiger partial charge is 0.356 e. The highest BCUT2D eigenvalue weighted by Crippen LogP contribution is 2.32. The maximum absolute atomic E-state index is 4.64. The van der Waals surface area contributed by atoms with Crippen LogP contribution in [0.3, 0.4) is 0 Å². The first-order valence-corrected chi connectivity index (χ1v) is 7.63. The van der Waals surface area contributed by atoms with E-state index in [2.05, 4.69) is 45.7 Å². The molecule has 2 nitrogen and oxygen atoms in total. The van der Waals surface area contributed by atoms with Gasteiger partial charge in [-0.1, -0.05) is 28.9 Å². The molecule has 0 saturated heterocycles. The monoisotopic (exact) mass is 296 g/mol. The van der Waals surface area contributed by atoms with Crippen LogP contribution >= 0.6 is 15.9 Å². The van der Waals surface area contributed by atoms with Crippen molar-refractivity contribution in [3.8, 4) is 0 Å². The maximum Gasteiger partial charge on any atom is 0.131 e. The number of pyridine rings is 1. The van der Waals surface area contributed by atoms with Gasteiger partial charge < -0.3 is 4.90 Å². The van der Waals surface area contributed by atoms with Crippen LogP contribution in [-0.2, 0) is 5.33 Å². The Hall–Kier alpha value is -0.570. The molecule has 1 aromatic heterocycles. The summed E-state index contributed by atoms with van der Waals surface area (Å²) in [7, 11) is 0. The molecular weight excluding hydrogens is 276 g/mol. The summed E-state index contributed by atoms with van der Waals surface area (Å²) in [4.78, 5) is 7.11. The van der Waals surface area contributed by atoms with Crippen molar-refractivity contribution in [2.45, 2.75) is 38.4 Å². The van der Waals surface area contributed by atoms with E-state index in [1.54, 1.807) is 0 Å². The van der Waals surface area contributed by atoms with Crippen LogP contribution in [0.15, 0.2) is 12.3 Å². The Balaban J connectivity index is 2.15. The van der Waals surface area contributed by atoms with Gasteiger partial charge in [-0.25, -0.2) is 4.98 Å². The molecule has 0 radical (unpaired) electrons. The summed E-state index contributed by atoms with van der Waals surface area (Å²) in [6.45, 7) is 6.72. The molecule has 1 saturated carbocycles. The summed E-state index contributed by atoms with van der Waals surface area (Å²) in [5.41, 5.74) is 2.56. The molecular formula is C14H21BrN2. The third-order valence-corrected chi connectivity index (χ3v) is 3.88. The minimum atomic E-state index is 0.886. The number of hydrogen-bond donors (Lipinski definition) is 0. The smallest absolute Gasteiger partial charge is 0.131 e. The highest BCUT2D eigenvalue weighted by atomic mass is 79.9. The van der Waals surface area contributed by atoms with Crippen molar-refractivity contribution in [3.05, 3.63) is 23.4 Å². The Morgan fingerprint density at radius 1 is 1.47 bits per heavy atom. The number of rotatable bonds is 6. The summed E-state index contributed by atoms with van der Waals surface area (Å²) in [5.74, 6) is 2.10. The second-order valence-corrected chi connectivity index (χ2v) is 5.57. The van der Waals surface area contributed by atoms with E-state index >= 15 is 0 Å². The van der Waals surface area contributed by atoms with Crippen LogP contribution in [-0.4, -0.2) is 18.1 Å². The number of nitrogens with zero attached hydrogens (tertiary/aromatic N) is 2. The Kier molecular flexibility index (Phi) is 4.43. The summed E-state index contributed by atoms with van der Waals surface area (Å²) < 4.78 is 0. The van der Waals surface area contributed by atoms with Crippen molar-refractivity contribution in [1.29, 1.82) is 0 Å². The lowest BCUT2D eigenvalue weighted by Gasteiger charge is -2.25. The maximum atomic E-state index is 4.64. The molecule has 0 atom stereocenters. The standard InChI is InChI=1S/C14H21BrN2/c1-3-6-17(10-12-4-5-12)14-11(2)7-13(8-15)9-16-14/h7,9,12H,3-6,8,10H2,1-2H3. The van der Waals surface area contributed by atoms with Crippen LogP contribution in [0.4, 0.5) is 5.82 Å². The van der Waals surface area contributed by atoms with Crippen LogP contribution in [0.2, 0.25) is 0 Å². The molecule has 1 aliphatic rings. The number of aryl methyl sites for hydroxylation is 1. The van der Waals surface area contributed by atoms with Gasteiger partial charge in [-0.3, -0.25) is 0 Å². The highest BCUT2D eigenvalue weighted by molar-refractivity contribution is 9.08. The number of alkyl halides is 1. The quantitative estimate of drug-likeness (QED) is 0.740. The Bertz CT molecular complexity index is 374. The Morgan fingerprint density at radius 2 is 2.24 bits per heavy atom. The van der Waals surface area contributed by atoms with Crippen LogP contribution in [0.25, 0.3) is 0 Å². The van der Waals surface area contributed by atoms with Gasteiger partial charge in [0.25, 0.3) is 0 Å². The van der Waals surface area contributed by atoms with E-state index in [9.17, 15) is 0 Å². The zero-order chi connectivity index (χ0) is 12.3. The SMILES string of the molecule is CCCN(CC1CC1)c1ncc(CBr)cc1C. The molecule has 3 heteroatoms. The minimum absolute atomic E-state index is 0.886. The first-order valence-electron chi connectivity index (χ1n) is 6.51. The van der Waals surface area contributed by atoms with Gasteiger partial charge in [-0.2, -0.15) is 0 Å². The van der Waals surface area contributed by atoms with Gasteiger partial charge in [0.2, 0.25) is 0 Å². The first-order chi connectivity index (χ1) is 8.24. The predicted octanol–water partition coefficient (Wildman–Crippen LogP) is 3.91. The van der Waals surface area contributed by atoms with Crippen molar-refractivity contribution in [3.63, 3.8) is 0 Å². The van der Waals surface area contributed by atoms with Crippen LogP contribution in [0.1, 0.15) is 37.3 Å². The molecule has 0 aromatic carbocycles. The zero-order valence-corrected chi connectivity index (χ0v) is 12.3. The van der Waals surface area contributed by atoms with E-state index in [1.807, 2.05) is 6.20 Å². The van der Waals surface area contributed by atoms with Crippen LogP contribution in [0, 0.1) is 12.8 Å². The van der Waals surface area contributed by atoms with Gasteiger partial charge in [-0.05, 0) is 43.2 Å². The number of aromatic nitrogens is 1. The molecule has 0 N–H and O–H groups in total.